The molecule has 182 valence electrons. The highest BCUT2D eigenvalue weighted by Crippen LogP contribution is 2.37. The van der Waals surface area contributed by atoms with Gasteiger partial charge in [-0.3, -0.25) is 14.5 Å². The van der Waals surface area contributed by atoms with Crippen LogP contribution in [0.3, 0.4) is 0 Å². The molecule has 0 aliphatic heterocycles. The van der Waals surface area contributed by atoms with Gasteiger partial charge in [0.15, 0.2) is 0 Å². The average molecular weight is 493 g/mol. The fourth-order valence-electron chi connectivity index (χ4n) is 3.98. The predicted molar refractivity (Wildman–Crippen MR) is 126 cm³/mol. The molecule has 2 amide bonds. The molecule has 1 aromatic heterocycles. The van der Waals surface area contributed by atoms with Crippen LogP contribution in [0, 0.1) is 11.3 Å². The van der Waals surface area contributed by atoms with Crippen molar-refractivity contribution in [1.82, 2.24) is 4.90 Å². The largest absolute Gasteiger partial charge is 0.418 e. The van der Waals surface area contributed by atoms with Crippen LogP contribution in [0.1, 0.15) is 54.2 Å². The normalized spacial score (nSPS) is 13.6. The van der Waals surface area contributed by atoms with Crippen molar-refractivity contribution in [2.75, 3.05) is 30.3 Å². The van der Waals surface area contributed by atoms with Crippen molar-refractivity contribution in [3.05, 3.63) is 45.8 Å². The summed E-state index contributed by atoms with van der Waals surface area (Å²) in [5.41, 5.74) is 0.389. The van der Waals surface area contributed by atoms with Crippen molar-refractivity contribution in [3.8, 4) is 6.07 Å². The monoisotopic (exact) mass is 492 g/mol. The zero-order chi connectivity index (χ0) is 24.7. The lowest BCUT2D eigenvalue weighted by molar-refractivity contribution is -0.137. The Hall–Kier alpha value is -2.90. The quantitative estimate of drug-likeness (QED) is 0.496. The molecule has 0 saturated carbocycles. The van der Waals surface area contributed by atoms with E-state index in [9.17, 15) is 28.0 Å². The van der Waals surface area contributed by atoms with Gasteiger partial charge in [0, 0.05) is 17.8 Å². The molecule has 34 heavy (non-hydrogen) atoms. The molecular formula is C24H27F3N4O2S. The third-order valence-electron chi connectivity index (χ3n) is 5.76. The topological polar surface area (TPSA) is 85.2 Å². The molecule has 0 radical (unpaired) electrons. The molecule has 6 nitrogen and oxygen atoms in total. The van der Waals surface area contributed by atoms with Crippen LogP contribution in [0.15, 0.2) is 24.3 Å². The summed E-state index contributed by atoms with van der Waals surface area (Å²) in [6.45, 7) is 2.35. The fourth-order valence-corrected chi connectivity index (χ4v) is 5.23. The Kier molecular flexibility index (Phi) is 8.69. The van der Waals surface area contributed by atoms with Gasteiger partial charge in [0.1, 0.15) is 11.1 Å². The number of amides is 2. The van der Waals surface area contributed by atoms with E-state index in [2.05, 4.69) is 16.7 Å². The summed E-state index contributed by atoms with van der Waals surface area (Å²) in [4.78, 5) is 27.8. The number of alkyl halides is 3. The number of anilines is 2. The molecule has 1 heterocycles. The summed E-state index contributed by atoms with van der Waals surface area (Å²) in [6.07, 6.45) is 0.528. The van der Waals surface area contributed by atoms with Gasteiger partial charge in [-0.15, -0.1) is 11.3 Å². The van der Waals surface area contributed by atoms with Gasteiger partial charge in [-0.05, 0) is 49.9 Å². The number of nitriles is 1. The Bertz CT molecular complexity index is 1080. The highest BCUT2D eigenvalue weighted by molar-refractivity contribution is 7.16. The minimum absolute atomic E-state index is 0.0910. The molecule has 2 aromatic rings. The predicted octanol–water partition coefficient (Wildman–Crippen LogP) is 5.20. The number of para-hydroxylation sites is 1. The summed E-state index contributed by atoms with van der Waals surface area (Å²) in [5, 5.41) is 15.3. The first kappa shape index (κ1) is 25.7. The van der Waals surface area contributed by atoms with Gasteiger partial charge in [0.05, 0.1) is 23.4 Å². The number of thiophene rings is 1. The molecule has 0 unspecified atom stereocenters. The van der Waals surface area contributed by atoms with Gasteiger partial charge >= 0.3 is 6.18 Å². The minimum atomic E-state index is -4.57. The van der Waals surface area contributed by atoms with Crippen LogP contribution in [0.5, 0.6) is 0 Å². The van der Waals surface area contributed by atoms with Crippen molar-refractivity contribution >= 4 is 33.8 Å². The second-order valence-corrected chi connectivity index (χ2v) is 9.24. The maximum Gasteiger partial charge on any atom is 0.418 e. The van der Waals surface area contributed by atoms with Gasteiger partial charge in [-0.25, -0.2) is 0 Å². The Morgan fingerprint density at radius 1 is 1.12 bits per heavy atom. The third-order valence-corrected chi connectivity index (χ3v) is 6.97. The average Bonchev–Trinajstić information content (AvgIpc) is 2.94. The number of halogens is 3. The van der Waals surface area contributed by atoms with E-state index < -0.39 is 17.6 Å². The van der Waals surface area contributed by atoms with Gasteiger partial charge in [0.25, 0.3) is 0 Å². The summed E-state index contributed by atoms with van der Waals surface area (Å²) in [5.74, 6) is -0.859. The van der Waals surface area contributed by atoms with Gasteiger partial charge < -0.3 is 10.6 Å². The maximum atomic E-state index is 13.1. The molecule has 0 saturated heterocycles. The summed E-state index contributed by atoms with van der Waals surface area (Å²) >= 11 is 1.46. The number of likely N-dealkylation sites (N-methyl/N-ethyl adjacent to an activating group) is 1. The van der Waals surface area contributed by atoms with E-state index in [0.717, 1.165) is 48.6 Å². The molecule has 1 aliphatic rings. The van der Waals surface area contributed by atoms with Crippen molar-refractivity contribution in [2.45, 2.75) is 51.6 Å². The highest BCUT2D eigenvalue weighted by Gasteiger charge is 2.33. The SMILES string of the molecule is CCN(CCC(=O)Nc1sc2c(c1C#N)CCCCC2)CC(=O)Nc1ccccc1C(F)(F)F. The number of nitrogens with zero attached hydrogens (tertiary/aromatic N) is 2. The third kappa shape index (κ3) is 6.58. The van der Waals surface area contributed by atoms with Crippen LogP contribution in [-0.2, 0) is 28.6 Å². The Labute approximate surface area is 200 Å². The standard InChI is InChI=1S/C24H27F3N4O2S/c1-2-31(15-22(33)29-19-10-7-6-9-18(19)24(25,26)27)13-12-21(32)30-23-17(14-28)16-8-4-3-5-11-20(16)34-23/h6-7,9-10H,2-5,8,11-13,15H2,1H3,(H,29,33)(H,30,32). The lowest BCUT2D eigenvalue weighted by Crippen LogP contribution is -2.35. The number of carbonyl (C=O) groups excluding carboxylic acids is 2. The molecule has 1 aromatic carbocycles. The second kappa shape index (κ2) is 11.5. The smallest absolute Gasteiger partial charge is 0.324 e. The molecule has 10 heteroatoms. The molecule has 0 atom stereocenters. The van der Waals surface area contributed by atoms with E-state index in [4.69, 9.17) is 0 Å². The number of rotatable bonds is 8. The van der Waals surface area contributed by atoms with Crippen LogP contribution in [0.4, 0.5) is 23.9 Å². The van der Waals surface area contributed by atoms with E-state index in [1.807, 2.05) is 0 Å². The van der Waals surface area contributed by atoms with Crippen LogP contribution < -0.4 is 10.6 Å². The second-order valence-electron chi connectivity index (χ2n) is 8.14. The van der Waals surface area contributed by atoms with Crippen LogP contribution in [-0.4, -0.2) is 36.3 Å². The number of carbonyl (C=O) groups is 2. The van der Waals surface area contributed by atoms with E-state index in [1.54, 1.807) is 11.8 Å². The lowest BCUT2D eigenvalue weighted by Gasteiger charge is -2.20. The summed E-state index contributed by atoms with van der Waals surface area (Å²) in [7, 11) is 0. The van der Waals surface area contributed by atoms with Crippen LogP contribution >= 0.6 is 11.3 Å². The van der Waals surface area contributed by atoms with E-state index in [0.29, 0.717) is 17.1 Å². The maximum absolute atomic E-state index is 13.1. The molecular weight excluding hydrogens is 465 g/mol. The molecule has 0 spiro atoms. The molecule has 2 N–H and O–H groups in total. The lowest BCUT2D eigenvalue weighted by atomic mass is 10.1. The first-order valence-electron chi connectivity index (χ1n) is 11.3. The summed E-state index contributed by atoms with van der Waals surface area (Å²) in [6, 6.07) is 7.04. The Balaban J connectivity index is 1.55. The number of hydrogen-bond donors (Lipinski definition) is 2. The number of fused-ring (bicyclic) bond motifs is 1. The van der Waals surface area contributed by atoms with Crippen LogP contribution in [0.25, 0.3) is 0 Å². The first-order valence-corrected chi connectivity index (χ1v) is 12.1. The fraction of sp³-hybridized carbons (Fsp3) is 0.458. The van der Waals surface area contributed by atoms with Crippen molar-refractivity contribution < 1.29 is 22.8 Å². The van der Waals surface area contributed by atoms with Crippen LogP contribution in [0.2, 0.25) is 0 Å². The summed E-state index contributed by atoms with van der Waals surface area (Å²) < 4.78 is 39.4. The Morgan fingerprint density at radius 3 is 2.56 bits per heavy atom. The number of benzene rings is 1. The zero-order valence-electron chi connectivity index (χ0n) is 18.9. The molecule has 1 aliphatic carbocycles. The molecule has 0 fully saturated rings. The minimum Gasteiger partial charge on any atom is -0.324 e. The number of aryl methyl sites for hydroxylation is 1. The van der Waals surface area contributed by atoms with Crippen molar-refractivity contribution in [3.63, 3.8) is 0 Å². The van der Waals surface area contributed by atoms with E-state index in [1.165, 1.54) is 29.5 Å². The molecule has 0 bridgehead atoms. The number of hydrogen-bond acceptors (Lipinski definition) is 5. The zero-order valence-corrected chi connectivity index (χ0v) is 19.7. The first-order chi connectivity index (χ1) is 16.2. The molecule has 3 rings (SSSR count). The van der Waals surface area contributed by atoms with Crippen molar-refractivity contribution in [2.24, 2.45) is 0 Å². The van der Waals surface area contributed by atoms with Gasteiger partial charge in [-0.2, -0.15) is 18.4 Å². The van der Waals surface area contributed by atoms with Gasteiger partial charge in [0.2, 0.25) is 11.8 Å². The van der Waals surface area contributed by atoms with E-state index >= 15 is 0 Å². The number of nitrogens with one attached hydrogen (secondary N) is 2. The van der Waals surface area contributed by atoms with Crippen molar-refractivity contribution in [1.29, 1.82) is 5.26 Å². The van der Waals surface area contributed by atoms with E-state index in [-0.39, 0.29) is 31.1 Å². The van der Waals surface area contributed by atoms with Gasteiger partial charge in [-0.1, -0.05) is 25.5 Å². The highest BCUT2D eigenvalue weighted by atomic mass is 32.1. The Morgan fingerprint density at radius 2 is 1.85 bits per heavy atom.